The van der Waals surface area contributed by atoms with Crippen molar-refractivity contribution < 1.29 is 4.79 Å². The average Bonchev–Trinajstić information content (AvgIpc) is 2.35. The van der Waals surface area contributed by atoms with Crippen LogP contribution < -0.4 is 10.6 Å². The Morgan fingerprint density at radius 2 is 2.44 bits per heavy atom. The van der Waals surface area contributed by atoms with Gasteiger partial charge in [0.15, 0.2) is 0 Å². The van der Waals surface area contributed by atoms with Crippen LogP contribution in [0.3, 0.4) is 0 Å². The van der Waals surface area contributed by atoms with Gasteiger partial charge in [-0.3, -0.25) is 4.79 Å². The molecule has 0 radical (unpaired) electrons. The Kier molecular flexibility index (Phi) is 0.990. The monoisotopic (exact) mass is 126 g/mol. The SMILES string of the molecule is O=C1NC[C@H]2CCN[C@H]12. The van der Waals surface area contributed by atoms with Gasteiger partial charge in [0.1, 0.15) is 0 Å². The van der Waals surface area contributed by atoms with E-state index in [2.05, 4.69) is 10.6 Å². The minimum Gasteiger partial charge on any atom is -0.354 e. The van der Waals surface area contributed by atoms with Crippen molar-refractivity contribution in [2.24, 2.45) is 5.92 Å². The molecule has 9 heavy (non-hydrogen) atoms. The van der Waals surface area contributed by atoms with E-state index >= 15 is 0 Å². The zero-order valence-electron chi connectivity index (χ0n) is 5.18. The lowest BCUT2D eigenvalue weighted by Gasteiger charge is -2.01. The summed E-state index contributed by atoms with van der Waals surface area (Å²) in [6, 6.07) is 0.144. The normalized spacial score (nSPS) is 40.7. The van der Waals surface area contributed by atoms with Crippen molar-refractivity contribution in [1.29, 1.82) is 0 Å². The molecule has 3 heteroatoms. The van der Waals surface area contributed by atoms with Gasteiger partial charge in [-0.1, -0.05) is 0 Å². The summed E-state index contributed by atoms with van der Waals surface area (Å²) in [4.78, 5) is 10.9. The molecule has 1 amide bonds. The van der Waals surface area contributed by atoms with Crippen molar-refractivity contribution in [3.8, 4) is 0 Å². The molecular formula is C6H10N2O. The molecule has 0 bridgehead atoms. The van der Waals surface area contributed by atoms with Crippen LogP contribution in [0.4, 0.5) is 0 Å². The molecule has 2 N–H and O–H groups in total. The van der Waals surface area contributed by atoms with Gasteiger partial charge in [0, 0.05) is 12.5 Å². The van der Waals surface area contributed by atoms with E-state index in [1.165, 1.54) is 0 Å². The summed E-state index contributed by atoms with van der Waals surface area (Å²) < 4.78 is 0. The van der Waals surface area contributed by atoms with Crippen LogP contribution >= 0.6 is 0 Å². The standard InChI is InChI=1S/C6H10N2O/c9-6-5-4(3-8-6)1-2-7-5/h4-5,7H,1-3H2,(H,8,9)/t4-,5+/m1/s1. The maximum Gasteiger partial charge on any atom is 0.237 e. The highest BCUT2D eigenvalue weighted by atomic mass is 16.2. The van der Waals surface area contributed by atoms with Crippen LogP contribution in [-0.2, 0) is 4.79 Å². The molecule has 0 aromatic carbocycles. The number of rotatable bonds is 0. The zero-order valence-corrected chi connectivity index (χ0v) is 5.18. The van der Waals surface area contributed by atoms with Crippen LogP contribution in [-0.4, -0.2) is 25.0 Å². The topological polar surface area (TPSA) is 41.1 Å². The largest absolute Gasteiger partial charge is 0.354 e. The number of carbonyl (C=O) groups excluding carboxylic acids is 1. The number of fused-ring (bicyclic) bond motifs is 1. The van der Waals surface area contributed by atoms with Gasteiger partial charge in [-0.25, -0.2) is 0 Å². The maximum absolute atomic E-state index is 10.9. The molecule has 2 atom stereocenters. The van der Waals surface area contributed by atoms with Crippen molar-refractivity contribution in [2.45, 2.75) is 12.5 Å². The van der Waals surface area contributed by atoms with Gasteiger partial charge >= 0.3 is 0 Å². The number of carbonyl (C=O) groups is 1. The number of amides is 1. The van der Waals surface area contributed by atoms with Gasteiger partial charge in [0.25, 0.3) is 0 Å². The van der Waals surface area contributed by atoms with Crippen LogP contribution in [0.15, 0.2) is 0 Å². The predicted octanol–water partition coefficient (Wildman–Crippen LogP) is -0.906. The third kappa shape index (κ3) is 0.645. The summed E-state index contributed by atoms with van der Waals surface area (Å²) >= 11 is 0. The van der Waals surface area contributed by atoms with Gasteiger partial charge in [0.2, 0.25) is 5.91 Å². The fraction of sp³-hybridized carbons (Fsp3) is 0.833. The van der Waals surface area contributed by atoms with Gasteiger partial charge in [-0.05, 0) is 13.0 Å². The average molecular weight is 126 g/mol. The quantitative estimate of drug-likeness (QED) is 0.441. The third-order valence-corrected chi connectivity index (χ3v) is 2.17. The van der Waals surface area contributed by atoms with E-state index < -0.39 is 0 Å². The first-order valence-corrected chi connectivity index (χ1v) is 3.39. The molecule has 2 rings (SSSR count). The Morgan fingerprint density at radius 1 is 1.56 bits per heavy atom. The highest BCUT2D eigenvalue weighted by Crippen LogP contribution is 2.18. The van der Waals surface area contributed by atoms with Crippen molar-refractivity contribution in [2.75, 3.05) is 13.1 Å². The van der Waals surface area contributed by atoms with Crippen LogP contribution in [0.2, 0.25) is 0 Å². The second kappa shape index (κ2) is 1.70. The Morgan fingerprint density at radius 3 is 3.22 bits per heavy atom. The third-order valence-electron chi connectivity index (χ3n) is 2.17. The summed E-state index contributed by atoms with van der Waals surface area (Å²) in [6.07, 6.45) is 1.16. The first kappa shape index (κ1) is 5.23. The Labute approximate surface area is 53.8 Å². The number of hydrogen-bond donors (Lipinski definition) is 2. The molecule has 2 saturated heterocycles. The van der Waals surface area contributed by atoms with Crippen molar-refractivity contribution >= 4 is 5.91 Å². The highest BCUT2D eigenvalue weighted by molar-refractivity contribution is 5.84. The molecule has 0 aromatic rings. The molecule has 0 spiro atoms. The van der Waals surface area contributed by atoms with E-state index in [1.54, 1.807) is 0 Å². The molecule has 2 aliphatic heterocycles. The fourth-order valence-corrected chi connectivity index (χ4v) is 1.63. The molecule has 0 aliphatic carbocycles. The first-order chi connectivity index (χ1) is 4.38. The minimum atomic E-state index is 0.144. The second-order valence-electron chi connectivity index (χ2n) is 2.73. The van der Waals surface area contributed by atoms with Gasteiger partial charge in [-0.2, -0.15) is 0 Å². The van der Waals surface area contributed by atoms with Crippen molar-refractivity contribution in [3.05, 3.63) is 0 Å². The predicted molar refractivity (Wildman–Crippen MR) is 32.9 cm³/mol. The van der Waals surface area contributed by atoms with E-state index in [4.69, 9.17) is 0 Å². The smallest absolute Gasteiger partial charge is 0.237 e. The van der Waals surface area contributed by atoms with E-state index in [0.29, 0.717) is 5.92 Å². The molecule has 50 valence electrons. The van der Waals surface area contributed by atoms with E-state index in [0.717, 1.165) is 19.5 Å². The molecule has 2 fully saturated rings. The summed E-state index contributed by atoms with van der Waals surface area (Å²) in [5.41, 5.74) is 0. The number of hydrogen-bond acceptors (Lipinski definition) is 2. The Bertz CT molecular complexity index is 146. The maximum atomic E-state index is 10.9. The Hall–Kier alpha value is -0.570. The lowest BCUT2D eigenvalue weighted by atomic mass is 10.1. The molecular weight excluding hydrogens is 116 g/mol. The second-order valence-corrected chi connectivity index (χ2v) is 2.73. The molecule has 0 saturated carbocycles. The summed E-state index contributed by atoms with van der Waals surface area (Å²) in [5, 5.41) is 5.98. The van der Waals surface area contributed by atoms with Crippen LogP contribution in [0.1, 0.15) is 6.42 Å². The van der Waals surface area contributed by atoms with Crippen LogP contribution in [0.25, 0.3) is 0 Å². The van der Waals surface area contributed by atoms with E-state index in [9.17, 15) is 4.79 Å². The number of nitrogens with one attached hydrogen (secondary N) is 2. The Balaban J connectivity index is 2.15. The molecule has 2 heterocycles. The van der Waals surface area contributed by atoms with Crippen LogP contribution in [0.5, 0.6) is 0 Å². The zero-order chi connectivity index (χ0) is 6.27. The van der Waals surface area contributed by atoms with Crippen molar-refractivity contribution in [3.63, 3.8) is 0 Å². The fourth-order valence-electron chi connectivity index (χ4n) is 1.63. The van der Waals surface area contributed by atoms with Crippen molar-refractivity contribution in [1.82, 2.24) is 10.6 Å². The van der Waals surface area contributed by atoms with Gasteiger partial charge in [0.05, 0.1) is 6.04 Å². The molecule has 0 aromatic heterocycles. The molecule has 3 nitrogen and oxygen atoms in total. The minimum absolute atomic E-state index is 0.144. The van der Waals surface area contributed by atoms with Crippen LogP contribution in [0, 0.1) is 5.92 Å². The highest BCUT2D eigenvalue weighted by Gasteiger charge is 2.37. The summed E-state index contributed by atoms with van der Waals surface area (Å²) in [5.74, 6) is 0.773. The van der Waals surface area contributed by atoms with Gasteiger partial charge < -0.3 is 10.6 Å². The lowest BCUT2D eigenvalue weighted by Crippen LogP contribution is -2.33. The van der Waals surface area contributed by atoms with E-state index in [-0.39, 0.29) is 11.9 Å². The summed E-state index contributed by atoms with van der Waals surface area (Å²) in [6.45, 7) is 1.90. The summed E-state index contributed by atoms with van der Waals surface area (Å²) in [7, 11) is 0. The first-order valence-electron chi connectivity index (χ1n) is 3.39. The van der Waals surface area contributed by atoms with Gasteiger partial charge in [-0.15, -0.1) is 0 Å². The van der Waals surface area contributed by atoms with E-state index in [1.807, 2.05) is 0 Å². The molecule has 0 unspecified atom stereocenters. The molecule has 2 aliphatic rings. The lowest BCUT2D eigenvalue weighted by molar-refractivity contribution is -0.120.